The summed E-state index contributed by atoms with van der Waals surface area (Å²) >= 11 is 5.39. The quantitative estimate of drug-likeness (QED) is 0.642. The van der Waals surface area contributed by atoms with Crippen LogP contribution in [0.5, 0.6) is 0 Å². The average Bonchev–Trinajstić information content (AvgIpc) is 2.89. The molecule has 0 bridgehead atoms. The van der Waals surface area contributed by atoms with Gasteiger partial charge in [0, 0.05) is 11.4 Å². The van der Waals surface area contributed by atoms with Crippen molar-refractivity contribution in [2.24, 2.45) is 0 Å². The molecule has 1 aromatic heterocycles. The highest BCUT2D eigenvalue weighted by molar-refractivity contribution is 9.11. The summed E-state index contributed by atoms with van der Waals surface area (Å²) in [6.07, 6.45) is 3.55. The van der Waals surface area contributed by atoms with Crippen molar-refractivity contribution in [3.63, 3.8) is 0 Å². The lowest BCUT2D eigenvalue weighted by Gasteiger charge is -2.17. The average molecular weight is 352 g/mol. The molecular weight excluding hydrogens is 330 g/mol. The summed E-state index contributed by atoms with van der Waals surface area (Å²) in [5, 5.41) is 3.57. The molecule has 0 aliphatic rings. The van der Waals surface area contributed by atoms with E-state index in [0.29, 0.717) is 5.92 Å². The van der Waals surface area contributed by atoms with E-state index in [1.165, 1.54) is 27.1 Å². The topological polar surface area (TPSA) is 12.0 Å². The van der Waals surface area contributed by atoms with Crippen LogP contribution in [0.3, 0.4) is 0 Å². The molecule has 0 fully saturated rings. The highest BCUT2D eigenvalue weighted by Crippen LogP contribution is 2.26. The van der Waals surface area contributed by atoms with Crippen molar-refractivity contribution in [2.45, 2.75) is 32.1 Å². The highest BCUT2D eigenvalue weighted by Gasteiger charge is 2.11. The third kappa shape index (κ3) is 5.04. The first kappa shape index (κ1) is 15.7. The second-order valence-electron chi connectivity index (χ2n) is 5.06. The van der Waals surface area contributed by atoms with Gasteiger partial charge in [-0.3, -0.25) is 0 Å². The van der Waals surface area contributed by atoms with E-state index in [4.69, 9.17) is 0 Å². The van der Waals surface area contributed by atoms with Gasteiger partial charge >= 0.3 is 0 Å². The minimum absolute atomic E-state index is 0.601. The molecule has 0 saturated heterocycles. The monoisotopic (exact) mass is 351 g/mol. The van der Waals surface area contributed by atoms with Crippen LogP contribution in [0, 0.1) is 0 Å². The Morgan fingerprint density at radius 2 is 1.95 bits per heavy atom. The lowest BCUT2D eigenvalue weighted by atomic mass is 9.94. The van der Waals surface area contributed by atoms with Crippen LogP contribution in [-0.4, -0.2) is 13.1 Å². The van der Waals surface area contributed by atoms with Crippen LogP contribution >= 0.6 is 27.3 Å². The smallest absolute Gasteiger partial charge is 0.0701 e. The zero-order chi connectivity index (χ0) is 14.2. The summed E-state index contributed by atoms with van der Waals surface area (Å²) in [5.74, 6) is 0.601. The largest absolute Gasteiger partial charge is 0.316 e. The van der Waals surface area contributed by atoms with Gasteiger partial charge in [0.25, 0.3) is 0 Å². The standard InChI is InChI=1S/C17H22BrNS/c1-2-12-19-13-15(14-6-4-3-5-7-14)8-9-16-10-11-17(18)20-16/h3-7,10-11,15,19H,2,8-9,12-13H2,1H3. The fourth-order valence-electron chi connectivity index (χ4n) is 2.37. The van der Waals surface area contributed by atoms with E-state index in [9.17, 15) is 0 Å². The Labute approximate surface area is 134 Å². The van der Waals surface area contributed by atoms with Gasteiger partial charge in [-0.1, -0.05) is 37.3 Å². The minimum Gasteiger partial charge on any atom is -0.316 e. The van der Waals surface area contributed by atoms with Gasteiger partial charge in [-0.15, -0.1) is 11.3 Å². The molecule has 0 saturated carbocycles. The number of benzene rings is 1. The van der Waals surface area contributed by atoms with Crippen molar-refractivity contribution in [3.8, 4) is 0 Å². The van der Waals surface area contributed by atoms with Gasteiger partial charge in [0.2, 0.25) is 0 Å². The van der Waals surface area contributed by atoms with Gasteiger partial charge in [-0.2, -0.15) is 0 Å². The van der Waals surface area contributed by atoms with E-state index in [-0.39, 0.29) is 0 Å². The summed E-state index contributed by atoms with van der Waals surface area (Å²) in [5.41, 5.74) is 1.45. The van der Waals surface area contributed by atoms with Gasteiger partial charge in [-0.05, 0) is 65.4 Å². The molecule has 0 spiro atoms. The first-order valence-corrected chi connectivity index (χ1v) is 8.90. The Balaban J connectivity index is 1.95. The zero-order valence-corrected chi connectivity index (χ0v) is 14.3. The number of hydrogen-bond donors (Lipinski definition) is 1. The van der Waals surface area contributed by atoms with E-state index >= 15 is 0 Å². The molecule has 0 amide bonds. The molecule has 0 radical (unpaired) electrons. The second kappa shape index (κ2) is 8.60. The third-order valence-corrected chi connectivity index (χ3v) is 5.14. The van der Waals surface area contributed by atoms with E-state index in [0.717, 1.165) is 19.5 Å². The zero-order valence-electron chi connectivity index (χ0n) is 11.9. The maximum absolute atomic E-state index is 3.57. The summed E-state index contributed by atoms with van der Waals surface area (Å²) in [7, 11) is 0. The molecule has 2 aromatic rings. The molecule has 0 aliphatic carbocycles. The number of halogens is 1. The summed E-state index contributed by atoms with van der Waals surface area (Å²) in [4.78, 5) is 1.47. The SMILES string of the molecule is CCCNCC(CCc1ccc(Br)s1)c1ccccc1. The van der Waals surface area contributed by atoms with Crippen molar-refractivity contribution in [2.75, 3.05) is 13.1 Å². The summed E-state index contributed by atoms with van der Waals surface area (Å²) in [6.45, 7) is 4.39. The molecule has 1 atom stereocenters. The molecular formula is C17H22BrNS. The fraction of sp³-hybridized carbons (Fsp3) is 0.412. The fourth-order valence-corrected chi connectivity index (χ4v) is 3.87. The van der Waals surface area contributed by atoms with Crippen LogP contribution < -0.4 is 5.32 Å². The van der Waals surface area contributed by atoms with Crippen molar-refractivity contribution in [1.82, 2.24) is 5.32 Å². The molecule has 108 valence electrons. The highest BCUT2D eigenvalue weighted by atomic mass is 79.9. The van der Waals surface area contributed by atoms with Gasteiger partial charge < -0.3 is 5.32 Å². The normalized spacial score (nSPS) is 12.5. The van der Waals surface area contributed by atoms with Crippen molar-refractivity contribution in [3.05, 3.63) is 56.7 Å². The first-order valence-electron chi connectivity index (χ1n) is 7.29. The van der Waals surface area contributed by atoms with Crippen LogP contribution in [0.4, 0.5) is 0 Å². The second-order valence-corrected chi connectivity index (χ2v) is 7.60. The lowest BCUT2D eigenvalue weighted by Crippen LogP contribution is -2.22. The van der Waals surface area contributed by atoms with Gasteiger partial charge in [0.05, 0.1) is 3.79 Å². The maximum Gasteiger partial charge on any atom is 0.0701 e. The van der Waals surface area contributed by atoms with Gasteiger partial charge in [0.1, 0.15) is 0 Å². The predicted molar refractivity (Wildman–Crippen MR) is 92.7 cm³/mol. The number of thiophene rings is 1. The minimum atomic E-state index is 0.601. The Morgan fingerprint density at radius 3 is 2.60 bits per heavy atom. The van der Waals surface area contributed by atoms with Crippen LogP contribution in [0.1, 0.15) is 36.1 Å². The third-order valence-electron chi connectivity index (χ3n) is 3.46. The molecule has 1 nitrogen and oxygen atoms in total. The Kier molecular flexibility index (Phi) is 6.77. The van der Waals surface area contributed by atoms with E-state index in [1.807, 2.05) is 11.3 Å². The summed E-state index contributed by atoms with van der Waals surface area (Å²) in [6, 6.07) is 15.3. The van der Waals surface area contributed by atoms with Crippen molar-refractivity contribution in [1.29, 1.82) is 0 Å². The van der Waals surface area contributed by atoms with Crippen LogP contribution in [0.15, 0.2) is 46.3 Å². The van der Waals surface area contributed by atoms with Crippen LogP contribution in [-0.2, 0) is 6.42 Å². The molecule has 1 N–H and O–H groups in total. The Hall–Kier alpha value is -0.640. The lowest BCUT2D eigenvalue weighted by molar-refractivity contribution is 0.550. The Bertz CT molecular complexity index is 495. The first-order chi connectivity index (χ1) is 9.79. The van der Waals surface area contributed by atoms with Crippen LogP contribution in [0.25, 0.3) is 0 Å². The predicted octanol–water partition coefficient (Wildman–Crippen LogP) is 5.23. The molecule has 1 heterocycles. The van der Waals surface area contributed by atoms with Gasteiger partial charge in [-0.25, -0.2) is 0 Å². The summed E-state index contributed by atoms with van der Waals surface area (Å²) < 4.78 is 1.23. The number of aryl methyl sites for hydroxylation is 1. The van der Waals surface area contributed by atoms with Crippen LogP contribution in [0.2, 0.25) is 0 Å². The van der Waals surface area contributed by atoms with E-state index in [1.54, 1.807) is 0 Å². The molecule has 3 heteroatoms. The molecule has 1 aromatic carbocycles. The van der Waals surface area contributed by atoms with Gasteiger partial charge in [0.15, 0.2) is 0 Å². The molecule has 1 unspecified atom stereocenters. The number of rotatable bonds is 8. The molecule has 0 aliphatic heterocycles. The number of nitrogens with one attached hydrogen (secondary N) is 1. The maximum atomic E-state index is 3.57. The van der Waals surface area contributed by atoms with Crippen molar-refractivity contribution < 1.29 is 0 Å². The molecule has 2 rings (SSSR count). The van der Waals surface area contributed by atoms with E-state index < -0.39 is 0 Å². The van der Waals surface area contributed by atoms with E-state index in [2.05, 4.69) is 70.6 Å². The Morgan fingerprint density at radius 1 is 1.15 bits per heavy atom. The van der Waals surface area contributed by atoms with Crippen molar-refractivity contribution >= 4 is 27.3 Å². The molecule has 20 heavy (non-hydrogen) atoms. The number of hydrogen-bond acceptors (Lipinski definition) is 2.